The van der Waals surface area contributed by atoms with Crippen molar-refractivity contribution in [2.75, 3.05) is 13.2 Å². The van der Waals surface area contributed by atoms with Gasteiger partial charge in [0.1, 0.15) is 43.2 Å². The van der Waals surface area contributed by atoms with Crippen molar-refractivity contribution in [3.8, 4) is 0 Å². The zero-order valence-corrected chi connectivity index (χ0v) is 37.7. The quantitative estimate of drug-likeness (QED) is 0.0148. The molecule has 0 amide bonds. The third-order valence-corrected chi connectivity index (χ3v) is 12.1. The maximum absolute atomic E-state index is 12.8. The van der Waals surface area contributed by atoms with Crippen LogP contribution in [0.3, 0.4) is 0 Å². The number of aliphatic hydroxyl groups excluding tert-OH is 5. The molecule has 1 aliphatic rings. The molecule has 0 saturated heterocycles. The summed E-state index contributed by atoms with van der Waals surface area (Å²) in [5.41, 5.74) is 0. The highest BCUT2D eigenvalue weighted by molar-refractivity contribution is 7.47. The van der Waals surface area contributed by atoms with Crippen LogP contribution in [-0.4, -0.2) is 98.3 Å². The number of hydrogen-bond donors (Lipinski definition) is 6. The fourth-order valence-corrected chi connectivity index (χ4v) is 8.26. The molecule has 1 fully saturated rings. The third kappa shape index (κ3) is 28.7. The van der Waals surface area contributed by atoms with E-state index in [0.29, 0.717) is 12.8 Å². The summed E-state index contributed by atoms with van der Waals surface area (Å²) >= 11 is 0. The van der Waals surface area contributed by atoms with E-state index in [4.69, 9.17) is 18.5 Å². The summed E-state index contributed by atoms with van der Waals surface area (Å²) in [6, 6.07) is 0. The van der Waals surface area contributed by atoms with Crippen LogP contribution in [0.4, 0.5) is 0 Å². The van der Waals surface area contributed by atoms with E-state index in [1.807, 2.05) is 0 Å². The van der Waals surface area contributed by atoms with Crippen LogP contribution in [0, 0.1) is 0 Å². The summed E-state index contributed by atoms with van der Waals surface area (Å²) in [5.74, 6) is -1.10. The van der Waals surface area contributed by atoms with Crippen LogP contribution in [0.5, 0.6) is 0 Å². The van der Waals surface area contributed by atoms with Crippen LogP contribution in [0.15, 0.2) is 12.2 Å². The smallest absolute Gasteiger partial charge is 0.462 e. The third-order valence-electron chi connectivity index (χ3n) is 11.1. The summed E-state index contributed by atoms with van der Waals surface area (Å²) in [7, 11) is -5.11. The fraction of sp³-hybridized carbons (Fsp3) is 0.911. The molecule has 348 valence electrons. The predicted octanol–water partition coefficient (Wildman–Crippen LogP) is 9.06. The van der Waals surface area contributed by atoms with Crippen molar-refractivity contribution in [3.05, 3.63) is 12.2 Å². The number of phosphoric acid groups is 1. The van der Waals surface area contributed by atoms with Crippen LogP contribution in [0.1, 0.15) is 206 Å². The Balaban J connectivity index is 2.44. The van der Waals surface area contributed by atoms with Crippen LogP contribution in [-0.2, 0) is 32.7 Å². The van der Waals surface area contributed by atoms with Gasteiger partial charge in [0.05, 0.1) is 6.61 Å². The molecule has 1 rings (SSSR count). The van der Waals surface area contributed by atoms with E-state index in [1.165, 1.54) is 109 Å². The van der Waals surface area contributed by atoms with E-state index in [9.17, 15) is 44.6 Å². The average Bonchev–Trinajstić information content (AvgIpc) is 3.21. The Kier molecular flexibility index (Phi) is 34.0. The minimum absolute atomic E-state index is 0.0907. The topological polar surface area (TPSA) is 210 Å². The second-order valence-corrected chi connectivity index (χ2v) is 18.0. The Labute approximate surface area is 356 Å². The van der Waals surface area contributed by atoms with Crippen molar-refractivity contribution >= 4 is 19.8 Å². The molecule has 0 aromatic carbocycles. The molecule has 8 atom stereocenters. The van der Waals surface area contributed by atoms with Gasteiger partial charge in [-0.2, -0.15) is 0 Å². The minimum Gasteiger partial charge on any atom is -0.462 e. The number of ether oxygens (including phenoxy) is 2. The summed E-state index contributed by atoms with van der Waals surface area (Å²) < 4.78 is 33.5. The Morgan fingerprint density at radius 1 is 0.508 bits per heavy atom. The minimum atomic E-state index is -5.11. The lowest BCUT2D eigenvalue weighted by atomic mass is 9.85. The number of aliphatic hydroxyl groups is 5. The van der Waals surface area contributed by atoms with Crippen molar-refractivity contribution in [2.24, 2.45) is 0 Å². The normalized spacial score (nSPS) is 22.4. The number of phosphoric ester groups is 1. The molecular formula is C45H85O13P. The Bertz CT molecular complexity index is 1090. The largest absolute Gasteiger partial charge is 0.472 e. The second-order valence-electron chi connectivity index (χ2n) is 16.6. The van der Waals surface area contributed by atoms with E-state index < -0.39 is 75.7 Å². The molecule has 0 aromatic heterocycles. The summed E-state index contributed by atoms with van der Waals surface area (Å²) in [5, 5.41) is 50.1. The number of carbonyl (C=O) groups excluding carboxylic acids is 2. The molecule has 14 heteroatoms. The molecule has 0 bridgehead atoms. The lowest BCUT2D eigenvalue weighted by molar-refractivity contribution is -0.220. The van der Waals surface area contributed by atoms with Gasteiger partial charge in [-0.25, -0.2) is 4.57 Å². The first-order valence-corrected chi connectivity index (χ1v) is 25.0. The summed E-state index contributed by atoms with van der Waals surface area (Å²) in [6.45, 7) is 3.30. The molecule has 59 heavy (non-hydrogen) atoms. The van der Waals surface area contributed by atoms with Crippen molar-refractivity contribution in [1.29, 1.82) is 0 Å². The standard InChI is InChI=1S/C45H85O13P/c1-3-5-7-9-11-13-15-17-19-20-22-23-25-27-29-31-33-38(46)55-35-37(36-56-59(53,54)58-45-43(51)41(49)40(48)42(50)44(45)52)57-39(47)34-32-30-28-26-24-21-18-16-14-12-10-8-6-4-2/h16,18,37,40-45,48-52H,3-15,17,19-36H2,1-2H3,(H,53,54)/b18-16-/t37-,40?,41-,42?,43?,44?,45?/m1/s1. The predicted molar refractivity (Wildman–Crippen MR) is 231 cm³/mol. The molecule has 1 aliphatic carbocycles. The Morgan fingerprint density at radius 3 is 1.29 bits per heavy atom. The molecule has 0 spiro atoms. The van der Waals surface area contributed by atoms with E-state index >= 15 is 0 Å². The van der Waals surface area contributed by atoms with E-state index in [-0.39, 0.29) is 12.8 Å². The first-order chi connectivity index (χ1) is 28.4. The van der Waals surface area contributed by atoms with Gasteiger partial charge in [0.2, 0.25) is 0 Å². The molecule has 6 unspecified atom stereocenters. The summed E-state index contributed by atoms with van der Waals surface area (Å²) in [4.78, 5) is 35.7. The molecule has 13 nitrogen and oxygen atoms in total. The monoisotopic (exact) mass is 865 g/mol. The Hall–Kier alpha value is -1.41. The summed E-state index contributed by atoms with van der Waals surface area (Å²) in [6.07, 6.45) is 24.1. The van der Waals surface area contributed by atoms with Crippen molar-refractivity contribution in [3.63, 3.8) is 0 Å². The maximum atomic E-state index is 12.8. The van der Waals surface area contributed by atoms with Crippen LogP contribution < -0.4 is 0 Å². The highest BCUT2D eigenvalue weighted by Gasteiger charge is 2.51. The molecule has 0 radical (unpaired) electrons. The molecule has 0 aliphatic heterocycles. The number of esters is 2. The van der Waals surface area contributed by atoms with E-state index in [1.54, 1.807) is 0 Å². The number of rotatable bonds is 39. The Morgan fingerprint density at radius 2 is 0.864 bits per heavy atom. The molecule has 6 N–H and O–H groups in total. The van der Waals surface area contributed by atoms with Gasteiger partial charge in [-0.1, -0.05) is 167 Å². The van der Waals surface area contributed by atoms with Gasteiger partial charge in [0, 0.05) is 12.8 Å². The van der Waals surface area contributed by atoms with Crippen molar-refractivity contribution < 1.29 is 63.1 Å². The number of hydrogen-bond acceptors (Lipinski definition) is 12. The van der Waals surface area contributed by atoms with Crippen LogP contribution >= 0.6 is 7.82 Å². The maximum Gasteiger partial charge on any atom is 0.472 e. The average molecular weight is 865 g/mol. The van der Waals surface area contributed by atoms with Gasteiger partial charge in [-0.15, -0.1) is 0 Å². The van der Waals surface area contributed by atoms with Gasteiger partial charge < -0.3 is 39.9 Å². The fourth-order valence-electron chi connectivity index (χ4n) is 7.28. The highest BCUT2D eigenvalue weighted by Crippen LogP contribution is 2.47. The van der Waals surface area contributed by atoms with E-state index in [0.717, 1.165) is 57.8 Å². The van der Waals surface area contributed by atoms with Gasteiger partial charge in [-0.05, 0) is 38.5 Å². The SMILES string of the molecule is CCCCCCC/C=C\CCCCCCCC(=O)O[C@H](COC(=O)CCCCCCCCCCCCCCCCCC)COP(=O)(O)OC1C(O)C(O)C(O)[C@@H](O)C1O. The zero-order valence-electron chi connectivity index (χ0n) is 36.8. The number of carbonyl (C=O) groups is 2. The number of allylic oxidation sites excluding steroid dienone is 2. The highest BCUT2D eigenvalue weighted by atomic mass is 31.2. The molecule has 0 heterocycles. The van der Waals surface area contributed by atoms with Crippen LogP contribution in [0.25, 0.3) is 0 Å². The number of unbranched alkanes of at least 4 members (excludes halogenated alkanes) is 25. The van der Waals surface area contributed by atoms with Gasteiger partial charge in [0.25, 0.3) is 0 Å². The first kappa shape index (κ1) is 55.6. The lowest BCUT2D eigenvalue weighted by Gasteiger charge is -2.41. The first-order valence-electron chi connectivity index (χ1n) is 23.5. The second kappa shape index (κ2) is 36.1. The molecule has 0 aromatic rings. The lowest BCUT2D eigenvalue weighted by Crippen LogP contribution is -2.64. The van der Waals surface area contributed by atoms with E-state index in [2.05, 4.69) is 26.0 Å². The van der Waals surface area contributed by atoms with Crippen molar-refractivity contribution in [1.82, 2.24) is 0 Å². The van der Waals surface area contributed by atoms with Gasteiger partial charge in [0.15, 0.2) is 6.10 Å². The van der Waals surface area contributed by atoms with Crippen LogP contribution in [0.2, 0.25) is 0 Å². The molecular weight excluding hydrogens is 779 g/mol. The molecule has 1 saturated carbocycles. The van der Waals surface area contributed by atoms with Gasteiger partial charge >= 0.3 is 19.8 Å². The van der Waals surface area contributed by atoms with Crippen molar-refractivity contribution in [2.45, 2.75) is 249 Å². The van der Waals surface area contributed by atoms with Gasteiger partial charge in [-0.3, -0.25) is 18.6 Å². The zero-order chi connectivity index (χ0) is 43.6.